The van der Waals surface area contributed by atoms with Gasteiger partial charge in [0.25, 0.3) is 0 Å². The lowest BCUT2D eigenvalue weighted by atomic mass is 10.1. The third kappa shape index (κ3) is 52.5. The number of carbonyl (C=O) groups excluding carboxylic acids is 3. The smallest absolute Gasteiger partial charge is 0.306 e. The molecule has 0 heterocycles. The molecular weight excluding hydrogens is 841 g/mol. The zero-order valence-corrected chi connectivity index (χ0v) is 43.6. The molecule has 0 bridgehead atoms. The van der Waals surface area contributed by atoms with Crippen molar-refractivity contribution in [1.29, 1.82) is 0 Å². The maximum absolute atomic E-state index is 12.8. The predicted molar refractivity (Wildman–Crippen MR) is 292 cm³/mol. The maximum atomic E-state index is 12.8. The summed E-state index contributed by atoms with van der Waals surface area (Å²) >= 11 is 0. The minimum absolute atomic E-state index is 0.105. The number of ether oxygens (including phenoxy) is 3. The summed E-state index contributed by atoms with van der Waals surface area (Å²) in [5.74, 6) is -0.996. The summed E-state index contributed by atoms with van der Waals surface area (Å²) in [6.07, 6.45) is 77.5. The van der Waals surface area contributed by atoms with Crippen molar-refractivity contribution in [1.82, 2.24) is 0 Å². The van der Waals surface area contributed by atoms with Gasteiger partial charge in [-0.05, 0) is 109 Å². The first-order chi connectivity index (χ1) is 33.5. The van der Waals surface area contributed by atoms with Crippen LogP contribution in [0.5, 0.6) is 0 Å². The van der Waals surface area contributed by atoms with E-state index in [1.54, 1.807) is 0 Å². The van der Waals surface area contributed by atoms with Crippen LogP contribution in [-0.4, -0.2) is 37.2 Å². The summed E-state index contributed by atoms with van der Waals surface area (Å²) in [7, 11) is 0. The Morgan fingerprint density at radius 1 is 0.309 bits per heavy atom. The van der Waals surface area contributed by atoms with Crippen molar-refractivity contribution in [3.05, 3.63) is 134 Å². The average Bonchev–Trinajstić information content (AvgIpc) is 3.34. The van der Waals surface area contributed by atoms with Crippen molar-refractivity contribution in [2.75, 3.05) is 13.2 Å². The molecule has 0 aliphatic carbocycles. The van der Waals surface area contributed by atoms with Crippen molar-refractivity contribution >= 4 is 17.9 Å². The van der Waals surface area contributed by atoms with E-state index >= 15 is 0 Å². The molecule has 0 aromatic carbocycles. The zero-order valence-electron chi connectivity index (χ0n) is 43.6. The summed E-state index contributed by atoms with van der Waals surface area (Å²) in [4.78, 5) is 37.8. The van der Waals surface area contributed by atoms with Crippen molar-refractivity contribution in [2.24, 2.45) is 0 Å². The number of hydrogen-bond donors (Lipinski definition) is 0. The normalized spacial score (nSPS) is 13.2. The van der Waals surface area contributed by atoms with Gasteiger partial charge in [0.2, 0.25) is 0 Å². The molecule has 0 radical (unpaired) electrons. The molecule has 0 aliphatic heterocycles. The summed E-state index contributed by atoms with van der Waals surface area (Å²) in [5, 5.41) is 0. The first kappa shape index (κ1) is 63.5. The molecule has 0 fully saturated rings. The largest absolute Gasteiger partial charge is 0.462 e. The van der Waals surface area contributed by atoms with Gasteiger partial charge >= 0.3 is 17.9 Å². The monoisotopic (exact) mass is 939 g/mol. The molecule has 0 spiro atoms. The number of hydrogen-bond acceptors (Lipinski definition) is 6. The number of esters is 3. The van der Waals surface area contributed by atoms with Crippen LogP contribution in [0.3, 0.4) is 0 Å². The van der Waals surface area contributed by atoms with E-state index in [1.165, 1.54) is 38.5 Å². The Balaban J connectivity index is 4.35. The standard InChI is InChI=1S/C62H98O6/c1-4-7-10-13-16-19-21-23-24-25-26-27-28-29-30-31-32-33-34-35-36-37-38-40-41-43-46-49-52-55-61(64)67-58-59(57-66-60(63)54-51-48-45-18-15-12-9-6-3)68-62(65)56-53-50-47-44-42-39-22-20-17-14-11-8-5-2/h7,10-11,14,16,19-20,22-24,26-27,29-30,32-33,35-36,38,40,43,46,59H,4-6,8-9,12-13,15,17-18,21,25,28,31,34,37,39,41-42,44-45,47-58H2,1-3H3/b10-7-,14-11-,19-16-,22-20-,24-23-,27-26-,30-29-,33-32-,36-35-,40-38-,46-43-. The molecule has 382 valence electrons. The van der Waals surface area contributed by atoms with E-state index in [1.807, 2.05) is 0 Å². The molecule has 0 saturated heterocycles. The van der Waals surface area contributed by atoms with Crippen LogP contribution in [0.15, 0.2) is 134 Å². The fourth-order valence-corrected chi connectivity index (χ4v) is 6.83. The number of carbonyl (C=O) groups is 3. The van der Waals surface area contributed by atoms with E-state index in [4.69, 9.17) is 14.2 Å². The molecule has 68 heavy (non-hydrogen) atoms. The van der Waals surface area contributed by atoms with Gasteiger partial charge in [-0.25, -0.2) is 0 Å². The Morgan fingerprint density at radius 2 is 0.618 bits per heavy atom. The Labute approximate surface area is 417 Å². The molecule has 0 aromatic rings. The van der Waals surface area contributed by atoms with Gasteiger partial charge in [-0.3, -0.25) is 14.4 Å². The Bertz CT molecular complexity index is 1500. The summed E-state index contributed by atoms with van der Waals surface area (Å²) in [5.41, 5.74) is 0. The SMILES string of the molecule is CC/C=C\C/C=C\C/C=C\C/C=C\C/C=C\C/C=C\C/C=C\C/C=C\C/C=C\CCCC(=O)OCC(COC(=O)CCCCCCCCCC)OC(=O)CCCCCCC/C=C\C/C=C\CCC. The maximum Gasteiger partial charge on any atom is 0.306 e. The van der Waals surface area contributed by atoms with Gasteiger partial charge < -0.3 is 14.2 Å². The van der Waals surface area contributed by atoms with Gasteiger partial charge in [0.05, 0.1) is 0 Å². The van der Waals surface area contributed by atoms with Crippen LogP contribution < -0.4 is 0 Å². The molecule has 0 aliphatic rings. The molecule has 0 N–H and O–H groups in total. The van der Waals surface area contributed by atoms with E-state index in [-0.39, 0.29) is 37.5 Å². The van der Waals surface area contributed by atoms with Gasteiger partial charge in [-0.2, -0.15) is 0 Å². The summed E-state index contributed by atoms with van der Waals surface area (Å²) in [6.45, 7) is 6.34. The van der Waals surface area contributed by atoms with Gasteiger partial charge in [0.1, 0.15) is 13.2 Å². The summed E-state index contributed by atoms with van der Waals surface area (Å²) < 4.78 is 16.7. The van der Waals surface area contributed by atoms with E-state index in [0.717, 1.165) is 135 Å². The number of rotatable bonds is 47. The molecule has 0 aromatic heterocycles. The van der Waals surface area contributed by atoms with Crippen molar-refractivity contribution in [3.63, 3.8) is 0 Å². The molecular formula is C62H98O6. The fraction of sp³-hybridized carbons (Fsp3) is 0.597. The zero-order chi connectivity index (χ0) is 49.3. The summed E-state index contributed by atoms with van der Waals surface area (Å²) in [6, 6.07) is 0. The highest BCUT2D eigenvalue weighted by Crippen LogP contribution is 2.13. The first-order valence-corrected chi connectivity index (χ1v) is 27.2. The van der Waals surface area contributed by atoms with Crippen LogP contribution in [0.25, 0.3) is 0 Å². The Hall–Kier alpha value is -4.45. The van der Waals surface area contributed by atoms with Gasteiger partial charge in [0.15, 0.2) is 6.10 Å². The van der Waals surface area contributed by atoms with Crippen molar-refractivity contribution in [3.8, 4) is 0 Å². The second kappa shape index (κ2) is 55.1. The first-order valence-electron chi connectivity index (χ1n) is 27.2. The minimum Gasteiger partial charge on any atom is -0.462 e. The minimum atomic E-state index is -0.809. The molecule has 6 heteroatoms. The third-order valence-corrected chi connectivity index (χ3v) is 10.9. The molecule has 0 saturated carbocycles. The second-order valence-corrected chi connectivity index (χ2v) is 17.4. The molecule has 1 atom stereocenters. The molecule has 0 rings (SSSR count). The molecule has 1 unspecified atom stereocenters. The van der Waals surface area contributed by atoms with Crippen LogP contribution in [0.2, 0.25) is 0 Å². The van der Waals surface area contributed by atoms with E-state index < -0.39 is 6.10 Å². The highest BCUT2D eigenvalue weighted by atomic mass is 16.6. The van der Waals surface area contributed by atoms with Crippen molar-refractivity contribution < 1.29 is 28.6 Å². The lowest BCUT2D eigenvalue weighted by molar-refractivity contribution is -0.167. The fourth-order valence-electron chi connectivity index (χ4n) is 6.83. The predicted octanol–water partition coefficient (Wildman–Crippen LogP) is 18.3. The van der Waals surface area contributed by atoms with Crippen LogP contribution >= 0.6 is 0 Å². The van der Waals surface area contributed by atoms with Crippen LogP contribution in [-0.2, 0) is 28.6 Å². The van der Waals surface area contributed by atoms with Crippen LogP contribution in [0.4, 0.5) is 0 Å². The quantitative estimate of drug-likeness (QED) is 0.0262. The number of allylic oxidation sites excluding steroid dienone is 22. The van der Waals surface area contributed by atoms with Gasteiger partial charge in [-0.15, -0.1) is 0 Å². The molecule has 0 amide bonds. The Morgan fingerprint density at radius 3 is 1.01 bits per heavy atom. The van der Waals surface area contributed by atoms with E-state index in [0.29, 0.717) is 19.3 Å². The van der Waals surface area contributed by atoms with Crippen LogP contribution in [0.1, 0.15) is 220 Å². The lowest BCUT2D eigenvalue weighted by Crippen LogP contribution is -2.30. The van der Waals surface area contributed by atoms with E-state index in [2.05, 4.69) is 154 Å². The second-order valence-electron chi connectivity index (χ2n) is 17.4. The highest BCUT2D eigenvalue weighted by molar-refractivity contribution is 5.71. The molecule has 6 nitrogen and oxygen atoms in total. The lowest BCUT2D eigenvalue weighted by Gasteiger charge is -2.18. The van der Waals surface area contributed by atoms with Gasteiger partial charge in [0, 0.05) is 19.3 Å². The number of unbranched alkanes of at least 4 members (excludes halogenated alkanes) is 14. The highest BCUT2D eigenvalue weighted by Gasteiger charge is 2.19. The average molecular weight is 939 g/mol. The van der Waals surface area contributed by atoms with Gasteiger partial charge in [-0.1, -0.05) is 225 Å². The third-order valence-electron chi connectivity index (χ3n) is 10.9. The topological polar surface area (TPSA) is 78.9 Å². The van der Waals surface area contributed by atoms with Crippen LogP contribution in [0, 0.1) is 0 Å². The van der Waals surface area contributed by atoms with E-state index in [9.17, 15) is 14.4 Å². The Kier molecular flexibility index (Phi) is 51.5. The van der Waals surface area contributed by atoms with Crippen molar-refractivity contribution in [2.45, 2.75) is 226 Å².